The van der Waals surface area contributed by atoms with Crippen LogP contribution < -0.4 is 10.6 Å². The average Bonchev–Trinajstić information content (AvgIpc) is 2.17. The van der Waals surface area contributed by atoms with Crippen molar-refractivity contribution >= 4 is 0 Å². The maximum Gasteiger partial charge on any atom is 0.282 e. The van der Waals surface area contributed by atoms with E-state index in [-0.39, 0.29) is 6.04 Å². The number of rotatable bonds is 4. The number of alkyl halides is 2. The third kappa shape index (κ3) is 3.97. The summed E-state index contributed by atoms with van der Waals surface area (Å²) < 4.78 is 25.1. The van der Waals surface area contributed by atoms with Gasteiger partial charge in [0.2, 0.25) is 0 Å². The zero-order chi connectivity index (χ0) is 9.73. The smallest absolute Gasteiger partial charge is 0.282 e. The minimum absolute atomic E-state index is 0.117. The highest BCUT2D eigenvalue weighted by Gasteiger charge is 2.28. The lowest BCUT2D eigenvalue weighted by Gasteiger charge is -2.25. The van der Waals surface area contributed by atoms with Crippen molar-refractivity contribution < 1.29 is 13.9 Å². The van der Waals surface area contributed by atoms with Crippen LogP contribution in [0.1, 0.15) is 12.8 Å². The molecule has 0 bridgehead atoms. The van der Waals surface area contributed by atoms with Crippen molar-refractivity contribution in [2.75, 3.05) is 26.2 Å². The van der Waals surface area contributed by atoms with Crippen molar-refractivity contribution in [1.82, 2.24) is 10.6 Å². The predicted octanol–water partition coefficient (Wildman–Crippen LogP) is -0.0444. The highest BCUT2D eigenvalue weighted by atomic mass is 19.3. The predicted molar refractivity (Wildman–Crippen MR) is 45.9 cm³/mol. The summed E-state index contributed by atoms with van der Waals surface area (Å²) in [5.41, 5.74) is 0. The topological polar surface area (TPSA) is 44.3 Å². The monoisotopic (exact) mass is 194 g/mol. The Hall–Kier alpha value is -0.260. The Morgan fingerprint density at radius 1 is 1.54 bits per heavy atom. The van der Waals surface area contributed by atoms with Gasteiger partial charge in [0.05, 0.1) is 6.54 Å². The van der Waals surface area contributed by atoms with Crippen LogP contribution in [0, 0.1) is 0 Å². The molecule has 1 heterocycles. The molecular formula is C8H16F2N2O. The summed E-state index contributed by atoms with van der Waals surface area (Å²) >= 11 is 0. The van der Waals surface area contributed by atoms with E-state index in [1.807, 2.05) is 0 Å². The Morgan fingerprint density at radius 3 is 2.85 bits per heavy atom. The Morgan fingerprint density at radius 2 is 2.31 bits per heavy atom. The van der Waals surface area contributed by atoms with Crippen LogP contribution in [-0.2, 0) is 0 Å². The van der Waals surface area contributed by atoms with E-state index in [9.17, 15) is 8.78 Å². The Bertz CT molecular complexity index is 149. The Labute approximate surface area is 76.5 Å². The zero-order valence-electron chi connectivity index (χ0n) is 7.52. The van der Waals surface area contributed by atoms with E-state index in [2.05, 4.69) is 10.6 Å². The molecule has 1 atom stereocenters. The van der Waals surface area contributed by atoms with Crippen LogP contribution in [0.4, 0.5) is 8.78 Å². The summed E-state index contributed by atoms with van der Waals surface area (Å²) in [5.74, 6) is -2.99. The van der Waals surface area contributed by atoms with Gasteiger partial charge in [-0.3, -0.25) is 0 Å². The number of piperidine rings is 1. The standard InChI is InChI=1S/C8H16F2N2O/c9-8(10,6-13)5-12-7-2-1-3-11-4-7/h7,11-13H,1-6H2. The van der Waals surface area contributed by atoms with Crippen molar-refractivity contribution in [3.63, 3.8) is 0 Å². The molecule has 5 heteroatoms. The molecule has 78 valence electrons. The van der Waals surface area contributed by atoms with Crippen molar-refractivity contribution in [2.24, 2.45) is 0 Å². The maximum absolute atomic E-state index is 12.6. The molecule has 3 N–H and O–H groups in total. The second-order valence-electron chi connectivity index (χ2n) is 3.44. The van der Waals surface area contributed by atoms with Crippen LogP contribution in [0.15, 0.2) is 0 Å². The third-order valence-electron chi connectivity index (χ3n) is 2.18. The third-order valence-corrected chi connectivity index (χ3v) is 2.18. The van der Waals surface area contributed by atoms with Crippen LogP contribution >= 0.6 is 0 Å². The van der Waals surface area contributed by atoms with E-state index in [0.29, 0.717) is 0 Å². The number of halogens is 2. The molecule has 1 fully saturated rings. The van der Waals surface area contributed by atoms with E-state index >= 15 is 0 Å². The first-order chi connectivity index (χ1) is 6.14. The van der Waals surface area contributed by atoms with E-state index in [1.54, 1.807) is 0 Å². The minimum Gasteiger partial charge on any atom is -0.390 e. The van der Waals surface area contributed by atoms with Gasteiger partial charge >= 0.3 is 0 Å². The molecule has 0 radical (unpaired) electrons. The molecule has 1 aliphatic rings. The van der Waals surface area contributed by atoms with E-state index < -0.39 is 19.1 Å². The molecule has 0 aromatic carbocycles. The van der Waals surface area contributed by atoms with Gasteiger partial charge in [-0.1, -0.05) is 0 Å². The molecule has 3 nitrogen and oxygen atoms in total. The molecule has 0 spiro atoms. The van der Waals surface area contributed by atoms with Gasteiger partial charge in [-0.05, 0) is 19.4 Å². The van der Waals surface area contributed by atoms with E-state index in [1.165, 1.54) is 0 Å². The summed E-state index contributed by atoms with van der Waals surface area (Å²) in [4.78, 5) is 0. The quantitative estimate of drug-likeness (QED) is 0.588. The molecular weight excluding hydrogens is 178 g/mol. The SMILES string of the molecule is OCC(F)(F)CNC1CCCNC1. The highest BCUT2D eigenvalue weighted by molar-refractivity contribution is 4.78. The molecule has 1 rings (SSSR count). The molecule has 0 saturated carbocycles. The summed E-state index contributed by atoms with van der Waals surface area (Å²) in [6.07, 6.45) is 1.94. The molecule has 1 saturated heterocycles. The summed E-state index contributed by atoms with van der Waals surface area (Å²) in [7, 11) is 0. The molecule has 0 aliphatic carbocycles. The highest BCUT2D eigenvalue weighted by Crippen LogP contribution is 2.11. The van der Waals surface area contributed by atoms with Gasteiger partial charge in [0.25, 0.3) is 5.92 Å². The zero-order valence-corrected chi connectivity index (χ0v) is 7.52. The number of aliphatic hydroxyl groups excluding tert-OH is 1. The molecule has 0 aromatic rings. The normalized spacial score (nSPS) is 24.7. The first-order valence-electron chi connectivity index (χ1n) is 4.57. The van der Waals surface area contributed by atoms with Crippen LogP contribution in [0.3, 0.4) is 0 Å². The van der Waals surface area contributed by atoms with Crippen LogP contribution in [-0.4, -0.2) is 43.3 Å². The first kappa shape index (κ1) is 10.8. The van der Waals surface area contributed by atoms with Gasteiger partial charge in [-0.15, -0.1) is 0 Å². The average molecular weight is 194 g/mol. The second kappa shape index (κ2) is 4.83. The summed E-state index contributed by atoms with van der Waals surface area (Å²) in [6.45, 7) is 0.187. The number of nitrogens with one attached hydrogen (secondary N) is 2. The van der Waals surface area contributed by atoms with Gasteiger partial charge in [-0.2, -0.15) is 0 Å². The lowest BCUT2D eigenvalue weighted by Crippen LogP contribution is -2.47. The summed E-state index contributed by atoms with van der Waals surface area (Å²) in [6, 6.07) is 0.117. The van der Waals surface area contributed by atoms with Crippen molar-refractivity contribution in [3.05, 3.63) is 0 Å². The van der Waals surface area contributed by atoms with Gasteiger partial charge < -0.3 is 15.7 Å². The van der Waals surface area contributed by atoms with Gasteiger partial charge in [0.1, 0.15) is 6.61 Å². The fraction of sp³-hybridized carbons (Fsp3) is 1.00. The van der Waals surface area contributed by atoms with Crippen molar-refractivity contribution in [2.45, 2.75) is 24.8 Å². The lowest BCUT2D eigenvalue weighted by atomic mass is 10.1. The fourth-order valence-corrected chi connectivity index (χ4v) is 1.38. The van der Waals surface area contributed by atoms with Crippen molar-refractivity contribution in [1.29, 1.82) is 0 Å². The molecule has 13 heavy (non-hydrogen) atoms. The van der Waals surface area contributed by atoms with Gasteiger partial charge in [0.15, 0.2) is 0 Å². The minimum atomic E-state index is -2.99. The summed E-state index contributed by atoms with van der Waals surface area (Å²) in [5, 5.41) is 14.2. The molecule has 1 unspecified atom stereocenters. The maximum atomic E-state index is 12.6. The number of hydrogen-bond donors (Lipinski definition) is 3. The van der Waals surface area contributed by atoms with Crippen molar-refractivity contribution in [3.8, 4) is 0 Å². The van der Waals surface area contributed by atoms with E-state index in [4.69, 9.17) is 5.11 Å². The van der Waals surface area contributed by atoms with Crippen LogP contribution in [0.2, 0.25) is 0 Å². The van der Waals surface area contributed by atoms with Crippen LogP contribution in [0.5, 0.6) is 0 Å². The Kier molecular flexibility index (Phi) is 4.02. The molecule has 0 amide bonds. The van der Waals surface area contributed by atoms with Gasteiger partial charge in [-0.25, -0.2) is 8.78 Å². The molecule has 1 aliphatic heterocycles. The largest absolute Gasteiger partial charge is 0.390 e. The van der Waals surface area contributed by atoms with Crippen LogP contribution in [0.25, 0.3) is 0 Å². The van der Waals surface area contributed by atoms with Gasteiger partial charge in [0, 0.05) is 12.6 Å². The first-order valence-corrected chi connectivity index (χ1v) is 4.57. The Balaban J connectivity index is 2.17. The lowest BCUT2D eigenvalue weighted by molar-refractivity contribution is -0.0496. The fourth-order valence-electron chi connectivity index (χ4n) is 1.38. The number of hydrogen-bond acceptors (Lipinski definition) is 3. The number of aliphatic hydroxyl groups is 1. The molecule has 0 aromatic heterocycles. The second-order valence-corrected chi connectivity index (χ2v) is 3.44. The van der Waals surface area contributed by atoms with E-state index in [0.717, 1.165) is 25.9 Å².